The highest BCUT2D eigenvalue weighted by atomic mass is 16.5. The lowest BCUT2D eigenvalue weighted by Gasteiger charge is -2.12. The second-order valence-corrected chi connectivity index (χ2v) is 7.97. The van der Waals surface area contributed by atoms with Gasteiger partial charge < -0.3 is 9.84 Å². The molecular weight excluding hydrogens is 354 g/mol. The van der Waals surface area contributed by atoms with Gasteiger partial charge in [0.15, 0.2) is 0 Å². The largest absolute Gasteiger partial charge is 0.493 e. The zero-order valence-electron chi connectivity index (χ0n) is 16.1. The molecule has 0 aliphatic heterocycles. The molecule has 1 saturated carbocycles. The van der Waals surface area contributed by atoms with Crippen LogP contribution in [-0.2, 0) is 11.2 Å². The highest BCUT2D eigenvalue weighted by Gasteiger charge is 2.38. The van der Waals surface area contributed by atoms with E-state index in [4.69, 9.17) is 9.84 Å². The van der Waals surface area contributed by atoms with Crippen LogP contribution in [0.4, 0.5) is 0 Å². The van der Waals surface area contributed by atoms with Crippen LogP contribution in [0.3, 0.4) is 0 Å². The maximum atomic E-state index is 13.1. The first kappa shape index (κ1) is 18.3. The van der Waals surface area contributed by atoms with E-state index in [1.54, 1.807) is 28.8 Å². The summed E-state index contributed by atoms with van der Waals surface area (Å²) in [5, 5.41) is 9.93. The van der Waals surface area contributed by atoms with Crippen molar-refractivity contribution in [2.45, 2.75) is 33.1 Å². The summed E-state index contributed by atoms with van der Waals surface area (Å²) in [5.74, 6) is -0.261. The smallest absolute Gasteiger partial charge is 0.307 e. The monoisotopic (exact) mass is 377 g/mol. The molecule has 1 aliphatic rings. The molecule has 1 aliphatic carbocycles. The molecule has 1 N–H and O–H groups in total. The molecule has 0 radical (unpaired) electrons. The number of ether oxygens (including phenoxy) is 1. The van der Waals surface area contributed by atoms with Crippen molar-refractivity contribution in [2.24, 2.45) is 5.41 Å². The standard InChI is InChI=1S/C23H23NO4/c1-15-12-19-17(13-21(25)26)4-3-5-20(19)24(15)22(27)16-6-8-18(9-7-16)28-14-23(2)10-11-23/h3-9,12H,10-11,13-14H2,1-2H3,(H,25,26). The van der Waals surface area contributed by atoms with Crippen LogP contribution in [0.2, 0.25) is 0 Å². The highest BCUT2D eigenvalue weighted by molar-refractivity contribution is 6.04. The number of carbonyl (C=O) groups excluding carboxylic acids is 1. The average molecular weight is 377 g/mol. The van der Waals surface area contributed by atoms with Gasteiger partial charge in [0, 0.05) is 22.1 Å². The molecule has 0 spiro atoms. The summed E-state index contributed by atoms with van der Waals surface area (Å²) in [4.78, 5) is 24.2. The van der Waals surface area contributed by atoms with Crippen molar-refractivity contribution in [1.82, 2.24) is 4.57 Å². The normalized spacial score (nSPS) is 14.8. The van der Waals surface area contributed by atoms with E-state index in [1.807, 2.05) is 31.2 Å². The molecule has 4 rings (SSSR count). The van der Waals surface area contributed by atoms with Crippen molar-refractivity contribution in [2.75, 3.05) is 6.61 Å². The van der Waals surface area contributed by atoms with Crippen molar-refractivity contribution in [3.05, 3.63) is 65.4 Å². The van der Waals surface area contributed by atoms with Gasteiger partial charge in [0.1, 0.15) is 5.75 Å². The molecule has 0 amide bonds. The van der Waals surface area contributed by atoms with E-state index in [1.165, 1.54) is 12.8 Å². The molecule has 5 nitrogen and oxygen atoms in total. The summed E-state index contributed by atoms with van der Waals surface area (Å²) in [6.45, 7) is 4.77. The lowest BCUT2D eigenvalue weighted by atomic mass is 10.1. The van der Waals surface area contributed by atoms with Gasteiger partial charge in [-0.3, -0.25) is 14.2 Å². The lowest BCUT2D eigenvalue weighted by Crippen LogP contribution is -2.13. The van der Waals surface area contributed by atoms with E-state index in [0.717, 1.165) is 22.3 Å². The van der Waals surface area contributed by atoms with Crippen molar-refractivity contribution >= 4 is 22.8 Å². The maximum absolute atomic E-state index is 13.1. The predicted molar refractivity (Wildman–Crippen MR) is 107 cm³/mol. The predicted octanol–water partition coefficient (Wildman–Crippen LogP) is 4.44. The minimum atomic E-state index is -0.889. The number of carbonyl (C=O) groups is 2. The van der Waals surface area contributed by atoms with Crippen LogP contribution in [0.1, 0.15) is 41.4 Å². The SMILES string of the molecule is Cc1cc2c(CC(=O)O)cccc2n1C(=O)c1ccc(OCC2(C)CC2)cc1. The van der Waals surface area contributed by atoms with Crippen molar-refractivity contribution in [3.63, 3.8) is 0 Å². The van der Waals surface area contributed by atoms with Gasteiger partial charge in [-0.05, 0) is 61.7 Å². The molecule has 28 heavy (non-hydrogen) atoms. The molecule has 0 saturated heterocycles. The van der Waals surface area contributed by atoms with Crippen LogP contribution < -0.4 is 4.74 Å². The number of hydrogen-bond donors (Lipinski definition) is 1. The van der Waals surface area contributed by atoms with Crippen LogP contribution in [0.25, 0.3) is 10.9 Å². The van der Waals surface area contributed by atoms with E-state index in [9.17, 15) is 9.59 Å². The third-order valence-corrected chi connectivity index (χ3v) is 5.46. The fourth-order valence-electron chi connectivity index (χ4n) is 3.45. The van der Waals surface area contributed by atoms with Crippen molar-refractivity contribution in [3.8, 4) is 5.75 Å². The molecule has 144 valence electrons. The minimum Gasteiger partial charge on any atom is -0.493 e. The molecular formula is C23H23NO4. The number of carboxylic acids is 1. The van der Waals surface area contributed by atoms with Gasteiger partial charge in [-0.2, -0.15) is 0 Å². The van der Waals surface area contributed by atoms with Crippen molar-refractivity contribution in [1.29, 1.82) is 0 Å². The van der Waals surface area contributed by atoms with E-state index < -0.39 is 5.97 Å². The summed E-state index contributed by atoms with van der Waals surface area (Å²) in [7, 11) is 0. The van der Waals surface area contributed by atoms with E-state index >= 15 is 0 Å². The Balaban J connectivity index is 1.61. The van der Waals surface area contributed by atoms with Gasteiger partial charge in [0.2, 0.25) is 0 Å². The number of benzene rings is 2. The molecule has 2 aromatic carbocycles. The summed E-state index contributed by atoms with van der Waals surface area (Å²) in [6.07, 6.45) is 2.33. The number of rotatable bonds is 6. The Morgan fingerprint density at radius 3 is 2.50 bits per heavy atom. The summed E-state index contributed by atoms with van der Waals surface area (Å²) >= 11 is 0. The lowest BCUT2D eigenvalue weighted by molar-refractivity contribution is -0.136. The van der Waals surface area contributed by atoms with Crippen LogP contribution in [0.15, 0.2) is 48.5 Å². The quantitative estimate of drug-likeness (QED) is 0.689. The van der Waals surface area contributed by atoms with E-state index in [2.05, 4.69) is 6.92 Å². The van der Waals surface area contributed by atoms with Crippen LogP contribution in [0, 0.1) is 12.3 Å². The number of aryl methyl sites for hydroxylation is 1. The van der Waals surface area contributed by atoms with Gasteiger partial charge >= 0.3 is 5.97 Å². The average Bonchev–Trinajstić information content (AvgIpc) is 3.30. The number of hydrogen-bond acceptors (Lipinski definition) is 3. The third-order valence-electron chi connectivity index (χ3n) is 5.46. The first-order chi connectivity index (χ1) is 13.4. The molecule has 0 atom stereocenters. The fraction of sp³-hybridized carbons (Fsp3) is 0.304. The van der Waals surface area contributed by atoms with Gasteiger partial charge in [0.25, 0.3) is 5.91 Å². The molecule has 0 bridgehead atoms. The fourth-order valence-corrected chi connectivity index (χ4v) is 3.45. The summed E-state index contributed by atoms with van der Waals surface area (Å²) in [5.41, 5.74) is 3.08. The number of nitrogens with zero attached hydrogens (tertiary/aromatic N) is 1. The second kappa shape index (κ2) is 6.82. The maximum Gasteiger partial charge on any atom is 0.307 e. The van der Waals surface area contributed by atoms with E-state index in [-0.39, 0.29) is 12.3 Å². The number of carboxylic acid groups (broad SMARTS) is 1. The van der Waals surface area contributed by atoms with Gasteiger partial charge in [-0.1, -0.05) is 19.1 Å². The Morgan fingerprint density at radius 2 is 1.86 bits per heavy atom. The van der Waals surface area contributed by atoms with Gasteiger partial charge in [-0.15, -0.1) is 0 Å². The Hall–Kier alpha value is -3.08. The first-order valence-corrected chi connectivity index (χ1v) is 9.46. The highest BCUT2D eigenvalue weighted by Crippen LogP contribution is 2.45. The molecule has 1 aromatic heterocycles. The molecule has 1 heterocycles. The summed E-state index contributed by atoms with van der Waals surface area (Å²) in [6, 6.07) is 14.5. The second-order valence-electron chi connectivity index (χ2n) is 7.97. The first-order valence-electron chi connectivity index (χ1n) is 9.46. The molecule has 1 fully saturated rings. The topological polar surface area (TPSA) is 68.5 Å². The molecule has 5 heteroatoms. The Morgan fingerprint density at radius 1 is 1.14 bits per heavy atom. The van der Waals surface area contributed by atoms with Crippen LogP contribution in [-0.4, -0.2) is 28.2 Å². The Kier molecular flexibility index (Phi) is 4.46. The zero-order chi connectivity index (χ0) is 19.9. The third kappa shape index (κ3) is 3.52. The van der Waals surface area contributed by atoms with Gasteiger partial charge in [-0.25, -0.2) is 0 Å². The van der Waals surface area contributed by atoms with E-state index in [0.29, 0.717) is 23.1 Å². The zero-order valence-corrected chi connectivity index (χ0v) is 16.1. The van der Waals surface area contributed by atoms with Crippen molar-refractivity contribution < 1.29 is 19.4 Å². The van der Waals surface area contributed by atoms with Crippen LogP contribution >= 0.6 is 0 Å². The van der Waals surface area contributed by atoms with Gasteiger partial charge in [0.05, 0.1) is 18.5 Å². The number of aliphatic carboxylic acids is 1. The Labute approximate surface area is 163 Å². The minimum absolute atomic E-state index is 0.0695. The number of fused-ring (bicyclic) bond motifs is 1. The molecule has 0 unspecified atom stereocenters. The summed E-state index contributed by atoms with van der Waals surface area (Å²) < 4.78 is 7.47. The van der Waals surface area contributed by atoms with Crippen LogP contribution in [0.5, 0.6) is 5.75 Å². The molecule has 3 aromatic rings. The Bertz CT molecular complexity index is 1060. The number of aromatic nitrogens is 1.